The van der Waals surface area contributed by atoms with Gasteiger partial charge in [0.15, 0.2) is 0 Å². The fraction of sp³-hybridized carbons (Fsp3) is 0.571. The predicted octanol–water partition coefficient (Wildman–Crippen LogP) is 4.45. The first-order valence-corrected chi connectivity index (χ1v) is 10.5. The van der Waals surface area contributed by atoms with Crippen molar-refractivity contribution in [3.63, 3.8) is 0 Å². The molecular formula is C21H26O4S. The quantitative estimate of drug-likeness (QED) is 0.778. The zero-order valence-corrected chi connectivity index (χ0v) is 16.1. The van der Waals surface area contributed by atoms with Gasteiger partial charge in [0.2, 0.25) is 0 Å². The molecule has 5 heteroatoms. The number of rotatable bonds is 7. The topological polar surface area (TPSA) is 59.7 Å². The Bertz CT molecular complexity index is 811. The third-order valence-corrected chi connectivity index (χ3v) is 6.71. The smallest absolute Gasteiger partial charge is 0.343 e. The van der Waals surface area contributed by atoms with Gasteiger partial charge in [0.1, 0.15) is 11.5 Å². The fourth-order valence-electron chi connectivity index (χ4n) is 4.16. The molecule has 140 valence electrons. The third kappa shape index (κ3) is 3.60. The summed E-state index contributed by atoms with van der Waals surface area (Å²) >= 11 is 1.58. The lowest BCUT2D eigenvalue weighted by Gasteiger charge is -2.20. The summed E-state index contributed by atoms with van der Waals surface area (Å²) in [5, 5.41) is 12.7. The first kappa shape index (κ1) is 17.8. The lowest BCUT2D eigenvalue weighted by molar-refractivity contribution is 0.0842. The predicted molar refractivity (Wildman–Crippen MR) is 102 cm³/mol. The Kier molecular flexibility index (Phi) is 4.93. The summed E-state index contributed by atoms with van der Waals surface area (Å²) in [7, 11) is 0. The van der Waals surface area contributed by atoms with Crippen molar-refractivity contribution in [2.45, 2.75) is 64.4 Å². The zero-order chi connectivity index (χ0) is 18.1. The highest BCUT2D eigenvalue weighted by atomic mass is 32.1. The monoisotopic (exact) mass is 374 g/mol. The van der Waals surface area contributed by atoms with Crippen LogP contribution in [0.5, 0.6) is 5.75 Å². The second kappa shape index (κ2) is 7.20. The molecule has 1 saturated heterocycles. The Morgan fingerprint density at radius 2 is 2.19 bits per heavy atom. The van der Waals surface area contributed by atoms with E-state index < -0.39 is 5.63 Å². The molecule has 4 rings (SSSR count). The average molecular weight is 375 g/mol. The summed E-state index contributed by atoms with van der Waals surface area (Å²) in [4.78, 5) is 13.6. The molecule has 26 heavy (non-hydrogen) atoms. The lowest BCUT2D eigenvalue weighted by Crippen LogP contribution is -2.19. The lowest BCUT2D eigenvalue weighted by atomic mass is 9.90. The van der Waals surface area contributed by atoms with Gasteiger partial charge in [-0.05, 0) is 55.4 Å². The van der Waals surface area contributed by atoms with Crippen molar-refractivity contribution in [1.82, 2.24) is 0 Å². The molecule has 0 radical (unpaired) electrons. The van der Waals surface area contributed by atoms with Gasteiger partial charge in [-0.15, -0.1) is 11.3 Å². The van der Waals surface area contributed by atoms with Crippen LogP contribution in [0, 0.1) is 5.41 Å². The highest BCUT2D eigenvalue weighted by Gasteiger charge is 2.46. The summed E-state index contributed by atoms with van der Waals surface area (Å²) in [5.74, 6) is 0.820. The first-order valence-electron chi connectivity index (χ1n) is 9.61. The van der Waals surface area contributed by atoms with Crippen LogP contribution in [0.4, 0.5) is 0 Å². The number of thiophene rings is 1. The molecule has 0 amide bonds. The molecule has 1 saturated carbocycles. The van der Waals surface area contributed by atoms with E-state index in [1.807, 2.05) is 24.4 Å². The summed E-state index contributed by atoms with van der Waals surface area (Å²) in [5.41, 5.74) is 0.985. The molecule has 1 N–H and O–H groups in total. The van der Waals surface area contributed by atoms with Gasteiger partial charge in [0.25, 0.3) is 0 Å². The van der Waals surface area contributed by atoms with Crippen LogP contribution in [0.15, 0.2) is 26.7 Å². The van der Waals surface area contributed by atoms with Crippen molar-refractivity contribution in [2.24, 2.45) is 5.41 Å². The van der Waals surface area contributed by atoms with Crippen molar-refractivity contribution in [3.05, 3.63) is 49.7 Å². The van der Waals surface area contributed by atoms with Gasteiger partial charge in [-0.25, -0.2) is 4.79 Å². The van der Waals surface area contributed by atoms with Crippen LogP contribution >= 0.6 is 11.3 Å². The SMILES string of the molecule is CCc1c(CC2(CC3CCCO3)CC2)oc(=O)c(Cc2cccs2)c1O. The Balaban J connectivity index is 1.59. The van der Waals surface area contributed by atoms with E-state index in [-0.39, 0.29) is 11.2 Å². The molecule has 1 atom stereocenters. The molecule has 2 aromatic heterocycles. The van der Waals surface area contributed by atoms with E-state index in [9.17, 15) is 9.90 Å². The Labute approximate surface area is 157 Å². The highest BCUT2D eigenvalue weighted by Crippen LogP contribution is 2.53. The number of hydrogen-bond donors (Lipinski definition) is 1. The number of ether oxygens (including phenoxy) is 1. The van der Waals surface area contributed by atoms with Crippen molar-refractivity contribution in [1.29, 1.82) is 0 Å². The van der Waals surface area contributed by atoms with E-state index in [0.717, 1.165) is 55.6 Å². The van der Waals surface area contributed by atoms with Crippen molar-refractivity contribution in [2.75, 3.05) is 6.61 Å². The van der Waals surface area contributed by atoms with Crippen molar-refractivity contribution >= 4 is 11.3 Å². The van der Waals surface area contributed by atoms with E-state index in [0.29, 0.717) is 30.3 Å². The second-order valence-electron chi connectivity index (χ2n) is 7.74. The Hall–Kier alpha value is -1.59. The zero-order valence-electron chi connectivity index (χ0n) is 15.3. The van der Waals surface area contributed by atoms with Crippen LogP contribution in [0.3, 0.4) is 0 Å². The van der Waals surface area contributed by atoms with Crippen molar-refractivity contribution in [3.8, 4) is 5.75 Å². The van der Waals surface area contributed by atoms with Crippen LogP contribution in [0.25, 0.3) is 0 Å². The maximum atomic E-state index is 12.6. The fourth-order valence-corrected chi connectivity index (χ4v) is 4.87. The number of hydrogen-bond acceptors (Lipinski definition) is 5. The molecule has 4 nitrogen and oxygen atoms in total. The highest BCUT2D eigenvalue weighted by molar-refractivity contribution is 7.09. The first-order chi connectivity index (χ1) is 12.6. The van der Waals surface area contributed by atoms with Gasteiger partial charge in [0, 0.05) is 29.9 Å². The van der Waals surface area contributed by atoms with Crippen LogP contribution in [0.2, 0.25) is 0 Å². The summed E-state index contributed by atoms with van der Waals surface area (Å²) in [6.45, 7) is 2.88. The maximum absolute atomic E-state index is 12.6. The van der Waals surface area contributed by atoms with Gasteiger partial charge in [-0.2, -0.15) is 0 Å². The molecular weight excluding hydrogens is 348 g/mol. The van der Waals surface area contributed by atoms with Crippen LogP contribution < -0.4 is 5.63 Å². The van der Waals surface area contributed by atoms with E-state index in [2.05, 4.69) is 0 Å². The minimum atomic E-state index is -0.393. The van der Waals surface area contributed by atoms with E-state index in [1.54, 1.807) is 11.3 Å². The molecule has 0 spiro atoms. The molecule has 1 aliphatic carbocycles. The minimum Gasteiger partial charge on any atom is -0.507 e. The van der Waals surface area contributed by atoms with E-state index in [4.69, 9.17) is 9.15 Å². The van der Waals surface area contributed by atoms with E-state index >= 15 is 0 Å². The van der Waals surface area contributed by atoms with Crippen LogP contribution in [-0.2, 0) is 24.0 Å². The average Bonchev–Trinajstić information content (AvgIpc) is 3.03. The molecule has 1 aliphatic heterocycles. The van der Waals surface area contributed by atoms with Crippen molar-refractivity contribution < 1.29 is 14.3 Å². The molecule has 2 aliphatic rings. The van der Waals surface area contributed by atoms with Crippen LogP contribution in [-0.4, -0.2) is 17.8 Å². The molecule has 1 unspecified atom stereocenters. The largest absolute Gasteiger partial charge is 0.507 e. The molecule has 2 aromatic rings. The molecule has 0 aromatic carbocycles. The Morgan fingerprint density at radius 1 is 1.35 bits per heavy atom. The summed E-state index contributed by atoms with van der Waals surface area (Å²) < 4.78 is 11.6. The van der Waals surface area contributed by atoms with Crippen LogP contribution in [0.1, 0.15) is 60.8 Å². The van der Waals surface area contributed by atoms with Gasteiger partial charge in [-0.3, -0.25) is 0 Å². The maximum Gasteiger partial charge on any atom is 0.343 e. The minimum absolute atomic E-state index is 0.139. The molecule has 2 fully saturated rings. The van der Waals surface area contributed by atoms with Gasteiger partial charge in [-0.1, -0.05) is 13.0 Å². The third-order valence-electron chi connectivity index (χ3n) is 5.83. The van der Waals surface area contributed by atoms with Gasteiger partial charge >= 0.3 is 5.63 Å². The van der Waals surface area contributed by atoms with Gasteiger partial charge < -0.3 is 14.3 Å². The second-order valence-corrected chi connectivity index (χ2v) is 8.78. The number of aromatic hydroxyl groups is 1. The van der Waals surface area contributed by atoms with E-state index in [1.165, 1.54) is 0 Å². The summed E-state index contributed by atoms with van der Waals surface area (Å²) in [6, 6.07) is 3.93. The molecule has 3 heterocycles. The van der Waals surface area contributed by atoms with Gasteiger partial charge in [0.05, 0.1) is 11.7 Å². The standard InChI is InChI=1S/C21H26O4S/c1-2-16-18(13-21(7-8-21)12-14-5-3-9-24-14)25-20(23)17(19(16)22)11-15-6-4-10-26-15/h4,6,10,14,22H,2-3,5,7-9,11-13H2,1H3. The summed E-state index contributed by atoms with van der Waals surface area (Å²) in [6.07, 6.45) is 7.80. The Morgan fingerprint density at radius 3 is 2.81 bits per heavy atom. The normalized spacial score (nSPS) is 21.2. The molecule has 0 bridgehead atoms.